The van der Waals surface area contributed by atoms with E-state index in [0.717, 1.165) is 21.9 Å². The predicted octanol–water partition coefficient (Wildman–Crippen LogP) is 2.41. The molecule has 1 aromatic carbocycles. The number of nitrogens with two attached hydrogens (primary N) is 1. The fourth-order valence-corrected chi connectivity index (χ4v) is 2.20. The number of hydrogen-bond donors (Lipinski definition) is 1. The van der Waals surface area contributed by atoms with Crippen LogP contribution in [0.5, 0.6) is 5.75 Å². The number of nitrogen functional groups attached to an aromatic ring is 1. The van der Waals surface area contributed by atoms with Crippen LogP contribution in [-0.4, -0.2) is 17.3 Å². The lowest BCUT2D eigenvalue weighted by atomic mass is 10.0. The van der Waals surface area contributed by atoms with Gasteiger partial charge in [0.2, 0.25) is 5.13 Å². The van der Waals surface area contributed by atoms with Crippen molar-refractivity contribution >= 4 is 16.5 Å². The van der Waals surface area contributed by atoms with Crippen LogP contribution in [0.25, 0.3) is 10.6 Å². The van der Waals surface area contributed by atoms with Crippen molar-refractivity contribution in [3.63, 3.8) is 0 Å². The SMILES string of the molecule is COc1c(-c2nnc(N)s2)ccc(C)c1C. The molecule has 0 fully saturated rings. The van der Waals surface area contributed by atoms with Crippen LogP contribution >= 0.6 is 11.3 Å². The van der Waals surface area contributed by atoms with Gasteiger partial charge in [-0.2, -0.15) is 0 Å². The van der Waals surface area contributed by atoms with E-state index in [1.54, 1.807) is 7.11 Å². The molecule has 2 aromatic rings. The van der Waals surface area contributed by atoms with Gasteiger partial charge in [-0.05, 0) is 31.0 Å². The first-order valence-electron chi connectivity index (χ1n) is 4.87. The smallest absolute Gasteiger partial charge is 0.203 e. The number of aromatic nitrogens is 2. The van der Waals surface area contributed by atoms with Crippen molar-refractivity contribution in [3.05, 3.63) is 23.3 Å². The Bertz CT molecular complexity index is 522. The Morgan fingerprint density at radius 1 is 1.25 bits per heavy atom. The molecule has 2 N–H and O–H groups in total. The molecule has 5 heteroatoms. The zero-order valence-electron chi connectivity index (χ0n) is 9.44. The highest BCUT2D eigenvalue weighted by Crippen LogP contribution is 2.36. The zero-order valence-corrected chi connectivity index (χ0v) is 10.3. The molecule has 0 aliphatic rings. The van der Waals surface area contributed by atoms with Crippen LogP contribution in [0.4, 0.5) is 5.13 Å². The summed E-state index contributed by atoms with van der Waals surface area (Å²) < 4.78 is 5.42. The maximum absolute atomic E-state index is 5.58. The Morgan fingerprint density at radius 3 is 2.56 bits per heavy atom. The van der Waals surface area contributed by atoms with E-state index in [1.807, 2.05) is 19.1 Å². The van der Waals surface area contributed by atoms with Gasteiger partial charge in [0.1, 0.15) is 5.75 Å². The standard InChI is InChI=1S/C11H13N3OS/c1-6-4-5-8(9(15-3)7(6)2)10-13-14-11(12)16-10/h4-5H,1-3H3,(H2,12,14). The quantitative estimate of drug-likeness (QED) is 0.868. The molecule has 1 heterocycles. The van der Waals surface area contributed by atoms with Crippen LogP contribution in [0, 0.1) is 13.8 Å². The Labute approximate surface area is 98.1 Å². The second-order valence-corrected chi connectivity index (χ2v) is 4.54. The maximum atomic E-state index is 5.58. The van der Waals surface area contributed by atoms with Crippen LogP contribution in [0.3, 0.4) is 0 Å². The molecular formula is C11H13N3OS. The Morgan fingerprint density at radius 2 is 2.00 bits per heavy atom. The summed E-state index contributed by atoms with van der Waals surface area (Å²) in [6.07, 6.45) is 0. The van der Waals surface area contributed by atoms with Crippen molar-refractivity contribution in [3.8, 4) is 16.3 Å². The van der Waals surface area contributed by atoms with Gasteiger partial charge < -0.3 is 10.5 Å². The molecule has 84 valence electrons. The number of anilines is 1. The summed E-state index contributed by atoms with van der Waals surface area (Å²) in [6.45, 7) is 4.08. The highest BCUT2D eigenvalue weighted by atomic mass is 32.1. The van der Waals surface area contributed by atoms with E-state index < -0.39 is 0 Å². The molecule has 0 bridgehead atoms. The first-order valence-corrected chi connectivity index (χ1v) is 5.68. The third kappa shape index (κ3) is 1.74. The van der Waals surface area contributed by atoms with Crippen molar-refractivity contribution in [2.75, 3.05) is 12.8 Å². The van der Waals surface area contributed by atoms with E-state index in [1.165, 1.54) is 16.9 Å². The molecule has 0 spiro atoms. The third-order valence-electron chi connectivity index (χ3n) is 2.55. The fourth-order valence-electron chi connectivity index (χ4n) is 1.56. The fraction of sp³-hybridized carbons (Fsp3) is 0.273. The van der Waals surface area contributed by atoms with Crippen LogP contribution in [-0.2, 0) is 0 Å². The summed E-state index contributed by atoms with van der Waals surface area (Å²) in [6, 6.07) is 4.03. The molecule has 0 aliphatic carbocycles. The number of aryl methyl sites for hydroxylation is 1. The number of hydrogen-bond acceptors (Lipinski definition) is 5. The molecular weight excluding hydrogens is 222 g/mol. The summed E-state index contributed by atoms with van der Waals surface area (Å²) in [7, 11) is 1.66. The number of methoxy groups -OCH3 is 1. The van der Waals surface area contributed by atoms with Crippen LogP contribution in [0.15, 0.2) is 12.1 Å². The number of ether oxygens (including phenoxy) is 1. The second-order valence-electron chi connectivity index (χ2n) is 3.53. The monoisotopic (exact) mass is 235 g/mol. The zero-order chi connectivity index (χ0) is 11.7. The van der Waals surface area contributed by atoms with Crippen molar-refractivity contribution in [1.82, 2.24) is 10.2 Å². The van der Waals surface area contributed by atoms with Gasteiger partial charge in [0.25, 0.3) is 0 Å². The molecule has 0 atom stereocenters. The van der Waals surface area contributed by atoms with Crippen LogP contribution in [0.1, 0.15) is 11.1 Å². The molecule has 4 nitrogen and oxygen atoms in total. The third-order valence-corrected chi connectivity index (χ3v) is 3.34. The predicted molar refractivity (Wildman–Crippen MR) is 65.8 cm³/mol. The van der Waals surface area contributed by atoms with E-state index in [4.69, 9.17) is 10.5 Å². The van der Waals surface area contributed by atoms with Crippen LogP contribution < -0.4 is 10.5 Å². The van der Waals surface area contributed by atoms with Gasteiger partial charge in [-0.1, -0.05) is 17.4 Å². The van der Waals surface area contributed by atoms with Gasteiger partial charge in [-0.3, -0.25) is 0 Å². The highest BCUT2D eigenvalue weighted by molar-refractivity contribution is 7.18. The van der Waals surface area contributed by atoms with Crippen molar-refractivity contribution in [2.24, 2.45) is 0 Å². The van der Waals surface area contributed by atoms with Gasteiger partial charge in [0, 0.05) is 0 Å². The summed E-state index contributed by atoms with van der Waals surface area (Å²) in [4.78, 5) is 0. The van der Waals surface area contributed by atoms with E-state index in [9.17, 15) is 0 Å². The van der Waals surface area contributed by atoms with Crippen molar-refractivity contribution in [2.45, 2.75) is 13.8 Å². The van der Waals surface area contributed by atoms with Gasteiger partial charge in [0.05, 0.1) is 12.7 Å². The summed E-state index contributed by atoms with van der Waals surface area (Å²) in [5.74, 6) is 0.844. The summed E-state index contributed by atoms with van der Waals surface area (Å²) in [5, 5.41) is 9.10. The second kappa shape index (κ2) is 4.09. The normalized spacial score (nSPS) is 10.4. The molecule has 0 amide bonds. The number of rotatable bonds is 2. The molecule has 0 radical (unpaired) electrons. The summed E-state index contributed by atoms with van der Waals surface area (Å²) >= 11 is 1.36. The minimum absolute atomic E-state index is 0.468. The first-order chi connectivity index (χ1) is 7.63. The molecule has 0 saturated carbocycles. The van der Waals surface area contributed by atoms with Gasteiger partial charge in [-0.25, -0.2) is 0 Å². The van der Waals surface area contributed by atoms with Crippen molar-refractivity contribution < 1.29 is 4.74 Å². The Hall–Kier alpha value is -1.62. The Kier molecular flexibility index (Phi) is 2.78. The topological polar surface area (TPSA) is 61.0 Å². The number of benzene rings is 1. The lowest BCUT2D eigenvalue weighted by Gasteiger charge is -2.11. The van der Waals surface area contributed by atoms with Gasteiger partial charge in [-0.15, -0.1) is 10.2 Å². The molecule has 0 unspecified atom stereocenters. The average Bonchev–Trinajstić information content (AvgIpc) is 2.68. The van der Waals surface area contributed by atoms with E-state index >= 15 is 0 Å². The largest absolute Gasteiger partial charge is 0.496 e. The Balaban J connectivity index is 2.61. The lowest BCUT2D eigenvalue weighted by Crippen LogP contribution is -1.93. The van der Waals surface area contributed by atoms with Crippen molar-refractivity contribution in [1.29, 1.82) is 0 Å². The highest BCUT2D eigenvalue weighted by Gasteiger charge is 2.13. The first kappa shape index (κ1) is 10.9. The maximum Gasteiger partial charge on any atom is 0.203 e. The lowest BCUT2D eigenvalue weighted by molar-refractivity contribution is 0.413. The van der Waals surface area contributed by atoms with E-state index in [0.29, 0.717) is 5.13 Å². The molecule has 0 saturated heterocycles. The molecule has 2 rings (SSSR count). The van der Waals surface area contributed by atoms with Gasteiger partial charge >= 0.3 is 0 Å². The van der Waals surface area contributed by atoms with E-state index in [2.05, 4.69) is 17.1 Å². The minimum atomic E-state index is 0.468. The summed E-state index contributed by atoms with van der Waals surface area (Å²) in [5.41, 5.74) is 8.84. The molecule has 1 aromatic heterocycles. The average molecular weight is 235 g/mol. The molecule has 16 heavy (non-hydrogen) atoms. The van der Waals surface area contributed by atoms with Gasteiger partial charge in [0.15, 0.2) is 5.01 Å². The molecule has 0 aliphatic heterocycles. The van der Waals surface area contributed by atoms with E-state index in [-0.39, 0.29) is 0 Å². The minimum Gasteiger partial charge on any atom is -0.496 e. The van der Waals surface area contributed by atoms with Crippen LogP contribution in [0.2, 0.25) is 0 Å². The number of nitrogens with zero attached hydrogens (tertiary/aromatic N) is 2.